The number of amides is 1. The van der Waals surface area contributed by atoms with Gasteiger partial charge in [0.25, 0.3) is 0 Å². The van der Waals surface area contributed by atoms with Crippen molar-refractivity contribution in [1.29, 1.82) is 0 Å². The minimum absolute atomic E-state index is 0.0211. The van der Waals surface area contributed by atoms with Crippen LogP contribution in [0, 0.1) is 5.92 Å². The Morgan fingerprint density at radius 2 is 2.24 bits per heavy atom. The van der Waals surface area contributed by atoms with Gasteiger partial charge in [-0.3, -0.25) is 9.79 Å². The third-order valence-electron chi connectivity index (χ3n) is 5.07. The summed E-state index contributed by atoms with van der Waals surface area (Å²) in [4.78, 5) is 18.4. The average molecular weight is 354 g/mol. The molecule has 144 valence electrons. The molecule has 2 atom stereocenters. The Kier molecular flexibility index (Phi) is 7.96. The number of aliphatic imine (C=N–C) groups is 1. The molecule has 2 fully saturated rings. The Bertz CT molecular complexity index is 449. The first-order chi connectivity index (χ1) is 12.0. The van der Waals surface area contributed by atoms with Crippen molar-refractivity contribution in [1.82, 2.24) is 15.5 Å². The number of ether oxygens (including phenoxy) is 1. The van der Waals surface area contributed by atoms with Crippen LogP contribution in [-0.4, -0.2) is 68.2 Å². The van der Waals surface area contributed by atoms with Crippen LogP contribution in [0.5, 0.6) is 0 Å². The molecule has 7 nitrogen and oxygen atoms in total. The number of nitrogens with two attached hydrogens (primary N) is 1. The summed E-state index contributed by atoms with van der Waals surface area (Å²) in [6, 6.07) is 0. The Labute approximate surface area is 151 Å². The van der Waals surface area contributed by atoms with Crippen LogP contribution in [0.2, 0.25) is 0 Å². The van der Waals surface area contributed by atoms with Crippen molar-refractivity contribution < 1.29 is 9.53 Å². The van der Waals surface area contributed by atoms with Crippen molar-refractivity contribution in [3.8, 4) is 0 Å². The molecule has 0 spiro atoms. The first kappa shape index (κ1) is 20.0. The molecule has 0 aliphatic carbocycles. The Balaban J connectivity index is 1.69. The number of likely N-dealkylation sites (tertiary alicyclic amines) is 1. The first-order valence-corrected chi connectivity index (χ1v) is 9.70. The highest BCUT2D eigenvalue weighted by atomic mass is 16.5. The van der Waals surface area contributed by atoms with E-state index < -0.39 is 0 Å². The topological polar surface area (TPSA) is 92.0 Å². The van der Waals surface area contributed by atoms with E-state index in [9.17, 15) is 4.79 Å². The number of primary amides is 1. The summed E-state index contributed by atoms with van der Waals surface area (Å²) in [6.45, 7) is 10.3. The number of guanidine groups is 1. The van der Waals surface area contributed by atoms with Gasteiger partial charge in [-0.25, -0.2) is 0 Å². The largest absolute Gasteiger partial charge is 0.373 e. The van der Waals surface area contributed by atoms with Crippen LogP contribution in [0.1, 0.15) is 46.0 Å². The molecule has 0 aromatic rings. The number of hydrogen-bond acceptors (Lipinski definition) is 4. The number of rotatable bonds is 8. The molecular weight excluding hydrogens is 318 g/mol. The van der Waals surface area contributed by atoms with Gasteiger partial charge in [0.15, 0.2) is 5.96 Å². The van der Waals surface area contributed by atoms with Crippen LogP contribution in [0.15, 0.2) is 4.99 Å². The molecule has 0 bridgehead atoms. The molecule has 2 heterocycles. The van der Waals surface area contributed by atoms with Crippen LogP contribution in [0.25, 0.3) is 0 Å². The summed E-state index contributed by atoms with van der Waals surface area (Å²) >= 11 is 0. The molecule has 0 radical (unpaired) electrons. The maximum atomic E-state index is 11.3. The van der Waals surface area contributed by atoms with E-state index in [2.05, 4.69) is 34.4 Å². The summed E-state index contributed by atoms with van der Waals surface area (Å²) in [6.07, 6.45) is 5.21. The van der Waals surface area contributed by atoms with Crippen molar-refractivity contribution in [3.63, 3.8) is 0 Å². The van der Waals surface area contributed by atoms with Crippen molar-refractivity contribution in [2.75, 3.05) is 45.9 Å². The smallest absolute Gasteiger partial charge is 0.221 e. The molecular formula is C18H35N5O2. The monoisotopic (exact) mass is 353 g/mol. The third-order valence-corrected chi connectivity index (χ3v) is 5.07. The predicted octanol–water partition coefficient (Wildman–Crippen LogP) is 0.698. The highest BCUT2D eigenvalue weighted by Crippen LogP contribution is 2.25. The highest BCUT2D eigenvalue weighted by Gasteiger charge is 2.29. The van der Waals surface area contributed by atoms with E-state index in [1.165, 1.54) is 0 Å². The molecule has 7 heteroatoms. The van der Waals surface area contributed by atoms with Gasteiger partial charge in [0.05, 0.1) is 18.1 Å². The van der Waals surface area contributed by atoms with Crippen LogP contribution in [0.4, 0.5) is 0 Å². The molecule has 0 saturated carbocycles. The van der Waals surface area contributed by atoms with Gasteiger partial charge < -0.3 is 26.0 Å². The zero-order chi connectivity index (χ0) is 18.1. The van der Waals surface area contributed by atoms with E-state index in [1.807, 2.05) is 0 Å². The number of nitrogens with zero attached hydrogens (tertiary/aromatic N) is 2. The summed E-state index contributed by atoms with van der Waals surface area (Å²) in [7, 11) is 0. The van der Waals surface area contributed by atoms with Gasteiger partial charge in [0.2, 0.25) is 5.91 Å². The van der Waals surface area contributed by atoms with Crippen molar-refractivity contribution in [2.24, 2.45) is 16.6 Å². The summed E-state index contributed by atoms with van der Waals surface area (Å²) < 4.78 is 5.80. The minimum atomic E-state index is -0.160. The van der Waals surface area contributed by atoms with Crippen LogP contribution in [-0.2, 0) is 9.53 Å². The lowest BCUT2D eigenvalue weighted by molar-refractivity contribution is -0.123. The lowest BCUT2D eigenvalue weighted by Crippen LogP contribution is -2.43. The van der Waals surface area contributed by atoms with Crippen molar-refractivity contribution in [3.05, 3.63) is 0 Å². The molecule has 2 aliphatic rings. The first-order valence-electron chi connectivity index (χ1n) is 9.70. The van der Waals surface area contributed by atoms with Crippen LogP contribution >= 0.6 is 0 Å². The zero-order valence-electron chi connectivity index (χ0n) is 15.9. The van der Waals surface area contributed by atoms with Crippen LogP contribution < -0.4 is 16.4 Å². The van der Waals surface area contributed by atoms with Gasteiger partial charge in [0.1, 0.15) is 0 Å². The van der Waals surface area contributed by atoms with Gasteiger partial charge in [-0.15, -0.1) is 0 Å². The number of piperidine rings is 1. The molecule has 2 unspecified atom stereocenters. The lowest BCUT2D eigenvalue weighted by Gasteiger charge is -2.31. The second-order valence-corrected chi connectivity index (χ2v) is 7.42. The average Bonchev–Trinajstić information content (AvgIpc) is 3.03. The molecule has 0 aromatic heterocycles. The van der Waals surface area contributed by atoms with Crippen molar-refractivity contribution in [2.45, 2.75) is 51.6 Å². The SMILES string of the molecule is CCNC(=NCC1(C)CCCO1)NCCCN1CCCC(C(N)=O)C1. The number of carbonyl (C=O) groups is 1. The fourth-order valence-corrected chi connectivity index (χ4v) is 3.55. The van der Waals surface area contributed by atoms with E-state index in [4.69, 9.17) is 10.5 Å². The van der Waals surface area contributed by atoms with Gasteiger partial charge in [-0.05, 0) is 59.0 Å². The standard InChI is InChI=1S/C18H35N5O2/c1-3-20-17(22-14-18(2)8-5-12-25-18)21-9-6-11-23-10-4-7-15(13-23)16(19)24/h15H,3-14H2,1-2H3,(H2,19,24)(H2,20,21,22). The predicted molar refractivity (Wildman–Crippen MR) is 101 cm³/mol. The summed E-state index contributed by atoms with van der Waals surface area (Å²) in [5.74, 6) is 0.715. The van der Waals surface area contributed by atoms with E-state index in [1.54, 1.807) is 0 Å². The number of carbonyl (C=O) groups excluding carboxylic acids is 1. The third kappa shape index (κ3) is 6.82. The maximum absolute atomic E-state index is 11.3. The zero-order valence-corrected chi connectivity index (χ0v) is 15.9. The Morgan fingerprint density at radius 3 is 2.92 bits per heavy atom. The van der Waals surface area contributed by atoms with E-state index in [0.29, 0.717) is 6.54 Å². The van der Waals surface area contributed by atoms with E-state index in [-0.39, 0.29) is 17.4 Å². The van der Waals surface area contributed by atoms with Gasteiger partial charge in [-0.2, -0.15) is 0 Å². The number of nitrogens with one attached hydrogen (secondary N) is 2. The van der Waals surface area contributed by atoms with Gasteiger partial charge in [-0.1, -0.05) is 0 Å². The van der Waals surface area contributed by atoms with Gasteiger partial charge >= 0.3 is 0 Å². The summed E-state index contributed by atoms with van der Waals surface area (Å²) in [5.41, 5.74) is 5.33. The molecule has 4 N–H and O–H groups in total. The molecule has 25 heavy (non-hydrogen) atoms. The lowest BCUT2D eigenvalue weighted by atomic mass is 9.97. The minimum Gasteiger partial charge on any atom is -0.373 e. The number of hydrogen-bond donors (Lipinski definition) is 3. The van der Waals surface area contributed by atoms with Crippen molar-refractivity contribution >= 4 is 11.9 Å². The quantitative estimate of drug-likeness (QED) is 0.339. The fourth-order valence-electron chi connectivity index (χ4n) is 3.55. The second-order valence-electron chi connectivity index (χ2n) is 7.42. The summed E-state index contributed by atoms with van der Waals surface area (Å²) in [5, 5.41) is 6.69. The van der Waals surface area contributed by atoms with E-state index in [0.717, 1.165) is 77.4 Å². The van der Waals surface area contributed by atoms with E-state index >= 15 is 0 Å². The molecule has 2 saturated heterocycles. The fraction of sp³-hybridized carbons (Fsp3) is 0.889. The molecule has 2 aliphatic heterocycles. The second kappa shape index (κ2) is 9.97. The highest BCUT2D eigenvalue weighted by molar-refractivity contribution is 5.79. The molecule has 0 aromatic carbocycles. The molecule has 2 rings (SSSR count). The molecule has 1 amide bonds. The normalized spacial score (nSPS) is 28.1. The van der Waals surface area contributed by atoms with Crippen LogP contribution in [0.3, 0.4) is 0 Å². The maximum Gasteiger partial charge on any atom is 0.221 e. The van der Waals surface area contributed by atoms with Gasteiger partial charge in [0, 0.05) is 26.2 Å². The Hall–Kier alpha value is -1.34. The Morgan fingerprint density at radius 1 is 1.40 bits per heavy atom.